The van der Waals surface area contributed by atoms with Crippen LogP contribution in [-0.2, 0) is 9.53 Å². The maximum Gasteiger partial charge on any atom is 0.401 e. The lowest BCUT2D eigenvalue weighted by atomic mass is 10.1. The van der Waals surface area contributed by atoms with Crippen LogP contribution in [0.3, 0.4) is 0 Å². The van der Waals surface area contributed by atoms with Crippen LogP contribution < -0.4 is 5.32 Å². The van der Waals surface area contributed by atoms with Gasteiger partial charge in [0, 0.05) is 19.7 Å². The zero-order chi connectivity index (χ0) is 14.3. The summed E-state index contributed by atoms with van der Waals surface area (Å²) in [4.78, 5) is 13.3. The maximum absolute atomic E-state index is 11.9. The van der Waals surface area contributed by atoms with Crippen molar-refractivity contribution < 1.29 is 22.7 Å². The fraction of sp³-hybridized carbons (Fsp3) is 0.917. The van der Waals surface area contributed by atoms with Crippen LogP contribution in [0.1, 0.15) is 26.2 Å². The van der Waals surface area contributed by atoms with Crippen molar-refractivity contribution in [2.45, 2.75) is 38.5 Å². The molecule has 0 aliphatic carbocycles. The highest BCUT2D eigenvalue weighted by molar-refractivity contribution is 5.78. The summed E-state index contributed by atoms with van der Waals surface area (Å²) < 4.78 is 41.4. The lowest BCUT2D eigenvalue weighted by molar-refractivity contribution is -0.137. The average Bonchev–Trinajstić information content (AvgIpc) is 2.35. The van der Waals surface area contributed by atoms with Crippen LogP contribution in [-0.4, -0.2) is 55.9 Å². The van der Waals surface area contributed by atoms with Gasteiger partial charge in [-0.25, -0.2) is 0 Å². The van der Waals surface area contributed by atoms with Crippen LogP contribution in [0.2, 0.25) is 0 Å². The second-order valence-corrected chi connectivity index (χ2v) is 4.69. The van der Waals surface area contributed by atoms with Crippen LogP contribution in [0.4, 0.5) is 13.2 Å². The Labute approximate surface area is 111 Å². The molecule has 1 aliphatic rings. The molecular formula is C12H21F3N2O2. The van der Waals surface area contributed by atoms with E-state index in [1.807, 2.05) is 6.92 Å². The minimum atomic E-state index is -4.28. The second kappa shape index (κ2) is 7.69. The number of halogens is 3. The molecule has 0 aromatic heterocycles. The first-order valence-electron chi connectivity index (χ1n) is 6.59. The molecule has 1 rings (SSSR count). The van der Waals surface area contributed by atoms with Gasteiger partial charge in [-0.1, -0.05) is 6.92 Å². The molecule has 1 atom stereocenters. The number of nitrogens with zero attached hydrogens (tertiary/aromatic N) is 1. The number of carbonyl (C=O) groups is 1. The molecule has 7 heteroatoms. The molecule has 1 N–H and O–H groups in total. The molecule has 19 heavy (non-hydrogen) atoms. The molecule has 1 amide bonds. The smallest absolute Gasteiger partial charge is 0.376 e. The molecule has 112 valence electrons. The Morgan fingerprint density at radius 3 is 2.84 bits per heavy atom. The average molecular weight is 282 g/mol. The van der Waals surface area contributed by atoms with Crippen LogP contribution in [0.5, 0.6) is 0 Å². The number of piperidine rings is 1. The third-order valence-corrected chi connectivity index (χ3v) is 2.89. The Morgan fingerprint density at radius 1 is 1.47 bits per heavy atom. The predicted molar refractivity (Wildman–Crippen MR) is 64.8 cm³/mol. The Kier molecular flexibility index (Phi) is 6.57. The Morgan fingerprint density at radius 2 is 2.21 bits per heavy atom. The van der Waals surface area contributed by atoms with Gasteiger partial charge in [-0.15, -0.1) is 0 Å². The van der Waals surface area contributed by atoms with Crippen LogP contribution in [0.15, 0.2) is 0 Å². The fourth-order valence-electron chi connectivity index (χ4n) is 2.01. The Balaban J connectivity index is 2.27. The monoisotopic (exact) mass is 282 g/mol. The minimum Gasteiger partial charge on any atom is -0.376 e. The van der Waals surface area contributed by atoms with E-state index in [0.717, 1.165) is 19.3 Å². The molecule has 1 fully saturated rings. The van der Waals surface area contributed by atoms with Gasteiger partial charge in [0.2, 0.25) is 5.91 Å². The Bertz CT molecular complexity index is 285. The van der Waals surface area contributed by atoms with Crippen molar-refractivity contribution >= 4 is 5.91 Å². The summed E-state index contributed by atoms with van der Waals surface area (Å²) in [5.74, 6) is -0.297. The fourth-order valence-corrected chi connectivity index (χ4v) is 2.01. The first-order valence-corrected chi connectivity index (χ1v) is 6.59. The molecule has 0 radical (unpaired) electrons. The summed E-state index contributed by atoms with van der Waals surface area (Å²) in [5, 5.41) is 2.12. The summed E-state index contributed by atoms with van der Waals surface area (Å²) in [6.07, 6.45) is -1.62. The molecule has 1 aliphatic heterocycles. The normalized spacial score (nSPS) is 20.6. The number of alkyl halides is 3. The number of likely N-dealkylation sites (tertiary alicyclic amines) is 1. The zero-order valence-electron chi connectivity index (χ0n) is 11.1. The van der Waals surface area contributed by atoms with Gasteiger partial charge in [0.05, 0.1) is 19.2 Å². The topological polar surface area (TPSA) is 41.6 Å². The van der Waals surface area contributed by atoms with Gasteiger partial charge in [-0.05, 0) is 19.3 Å². The van der Waals surface area contributed by atoms with Gasteiger partial charge in [0.25, 0.3) is 0 Å². The number of carbonyl (C=O) groups excluding carboxylic acids is 1. The molecule has 0 spiro atoms. The van der Waals surface area contributed by atoms with E-state index in [-0.39, 0.29) is 18.6 Å². The standard InChI is InChI=1S/C12H21F3N2O2/c1-2-6-19-10-4-3-5-17(8-10)11(18)7-16-9-12(13,14)15/h10,16H,2-9H2,1H3. The van der Waals surface area contributed by atoms with E-state index in [2.05, 4.69) is 5.32 Å². The molecule has 1 heterocycles. The number of nitrogens with one attached hydrogen (secondary N) is 1. The lowest BCUT2D eigenvalue weighted by Gasteiger charge is -2.32. The number of amides is 1. The summed E-state index contributed by atoms with van der Waals surface area (Å²) in [7, 11) is 0. The maximum atomic E-state index is 11.9. The SMILES string of the molecule is CCCOC1CCCN(C(=O)CNCC(F)(F)F)C1. The first-order chi connectivity index (χ1) is 8.92. The van der Waals surface area contributed by atoms with E-state index in [0.29, 0.717) is 19.7 Å². The number of rotatable bonds is 6. The highest BCUT2D eigenvalue weighted by atomic mass is 19.4. The van der Waals surface area contributed by atoms with Crippen LogP contribution in [0.25, 0.3) is 0 Å². The van der Waals surface area contributed by atoms with E-state index < -0.39 is 12.7 Å². The van der Waals surface area contributed by atoms with Crippen LogP contribution in [0, 0.1) is 0 Å². The van der Waals surface area contributed by atoms with E-state index in [9.17, 15) is 18.0 Å². The third kappa shape index (κ3) is 6.77. The molecule has 0 bridgehead atoms. The van der Waals surface area contributed by atoms with Crippen molar-refractivity contribution in [3.05, 3.63) is 0 Å². The number of ether oxygens (including phenoxy) is 1. The van der Waals surface area contributed by atoms with E-state index in [1.165, 1.54) is 0 Å². The minimum absolute atomic E-state index is 0.0141. The summed E-state index contributed by atoms with van der Waals surface area (Å²) >= 11 is 0. The molecule has 4 nitrogen and oxygen atoms in total. The quantitative estimate of drug-likeness (QED) is 0.804. The molecule has 1 unspecified atom stereocenters. The molecule has 0 saturated carbocycles. The highest BCUT2D eigenvalue weighted by Gasteiger charge is 2.28. The Hall–Kier alpha value is -0.820. The summed E-state index contributed by atoms with van der Waals surface area (Å²) in [6.45, 7) is 2.32. The van der Waals surface area contributed by atoms with Crippen LogP contribution >= 0.6 is 0 Å². The number of hydrogen-bond acceptors (Lipinski definition) is 3. The van der Waals surface area contributed by atoms with Crippen molar-refractivity contribution in [2.75, 3.05) is 32.8 Å². The van der Waals surface area contributed by atoms with Gasteiger partial charge in [0.15, 0.2) is 0 Å². The van der Waals surface area contributed by atoms with E-state index >= 15 is 0 Å². The van der Waals surface area contributed by atoms with E-state index in [1.54, 1.807) is 4.90 Å². The largest absolute Gasteiger partial charge is 0.401 e. The van der Waals surface area contributed by atoms with Gasteiger partial charge >= 0.3 is 6.18 Å². The molecular weight excluding hydrogens is 261 g/mol. The van der Waals surface area contributed by atoms with Crippen molar-refractivity contribution in [3.8, 4) is 0 Å². The van der Waals surface area contributed by atoms with Crippen molar-refractivity contribution in [1.29, 1.82) is 0 Å². The zero-order valence-corrected chi connectivity index (χ0v) is 11.1. The van der Waals surface area contributed by atoms with Gasteiger partial charge in [-0.3, -0.25) is 4.79 Å². The summed E-state index contributed by atoms with van der Waals surface area (Å²) in [6, 6.07) is 0. The third-order valence-electron chi connectivity index (χ3n) is 2.89. The van der Waals surface area contributed by atoms with Gasteiger partial charge < -0.3 is 15.0 Å². The van der Waals surface area contributed by atoms with Crippen molar-refractivity contribution in [2.24, 2.45) is 0 Å². The molecule has 1 saturated heterocycles. The van der Waals surface area contributed by atoms with E-state index in [4.69, 9.17) is 4.74 Å². The van der Waals surface area contributed by atoms with Gasteiger partial charge in [0.1, 0.15) is 0 Å². The van der Waals surface area contributed by atoms with Crippen molar-refractivity contribution in [1.82, 2.24) is 10.2 Å². The highest BCUT2D eigenvalue weighted by Crippen LogP contribution is 2.14. The summed E-state index contributed by atoms with van der Waals surface area (Å²) in [5.41, 5.74) is 0. The second-order valence-electron chi connectivity index (χ2n) is 4.69. The first kappa shape index (κ1) is 16.2. The van der Waals surface area contributed by atoms with Crippen molar-refractivity contribution in [3.63, 3.8) is 0 Å². The number of hydrogen-bond donors (Lipinski definition) is 1. The molecule has 0 aromatic carbocycles. The molecule has 0 aromatic rings. The van der Waals surface area contributed by atoms with Gasteiger partial charge in [-0.2, -0.15) is 13.2 Å². The predicted octanol–water partition coefficient (Wildman–Crippen LogP) is 1.56. The lowest BCUT2D eigenvalue weighted by Crippen LogP contribution is -2.47.